The van der Waals surface area contributed by atoms with Crippen molar-refractivity contribution < 1.29 is 48.9 Å². The lowest BCUT2D eigenvalue weighted by Gasteiger charge is -2.29. The second-order valence-corrected chi connectivity index (χ2v) is 5.51. The summed E-state index contributed by atoms with van der Waals surface area (Å²) in [6.07, 6.45) is -8.38. The monoisotopic (exact) mass is 350 g/mol. The Morgan fingerprint density at radius 3 is 2.00 bits per heavy atom. The van der Waals surface area contributed by atoms with Crippen LogP contribution < -0.4 is 0 Å². The Morgan fingerprint density at radius 1 is 1.10 bits per heavy atom. The molecule has 0 saturated heterocycles. The van der Waals surface area contributed by atoms with E-state index in [1.54, 1.807) is 6.92 Å². The molecular weight excluding hydrogens is 336 g/mol. The first kappa shape index (κ1) is 20.6. The molecule has 0 rings (SSSR count). The minimum Gasteiger partial charge on any atom is -0.290 e. The van der Waals surface area contributed by atoms with Gasteiger partial charge in [0.25, 0.3) is 6.36 Å². The number of unbranched alkanes of at least 4 members (excludes halogenated alkanes) is 1. The molecule has 0 aliphatic heterocycles. The van der Waals surface area contributed by atoms with Gasteiger partial charge in [0, 0.05) is 7.11 Å². The zero-order valence-corrected chi connectivity index (χ0v) is 11.9. The van der Waals surface area contributed by atoms with Gasteiger partial charge < -0.3 is 0 Å². The van der Waals surface area contributed by atoms with E-state index in [1.165, 1.54) is 0 Å². The molecule has 0 aromatic heterocycles. The average Bonchev–Trinajstić information content (AvgIpc) is 2.38. The molecule has 0 amide bonds. The third kappa shape index (κ3) is 5.08. The Morgan fingerprint density at radius 2 is 1.62 bits per heavy atom. The number of alkyl halides is 7. The molecule has 0 aliphatic rings. The third-order valence-corrected chi connectivity index (χ3v) is 3.59. The summed E-state index contributed by atoms with van der Waals surface area (Å²) >= 11 is 0. The maximum Gasteiger partial charge on any atom is 0.477 e. The van der Waals surface area contributed by atoms with Gasteiger partial charge in [-0.15, -0.1) is 0 Å². The van der Waals surface area contributed by atoms with Crippen molar-refractivity contribution in [3.8, 4) is 0 Å². The van der Waals surface area contributed by atoms with Crippen molar-refractivity contribution in [2.75, 3.05) is 13.7 Å². The SMILES string of the molecule is CCCCOP(=O)(OC)OC(F)C(F)(F)C(F)(F)C(F)F. The standard InChI is InChI=1S/C9H14F7O4P/c1-3-4-5-19-21(17,18-2)20-7(12)9(15,16)8(13,14)6(10)11/h6-7H,3-5H2,1-2H3. The van der Waals surface area contributed by atoms with E-state index in [0.717, 1.165) is 0 Å². The topological polar surface area (TPSA) is 44.8 Å². The predicted molar refractivity (Wildman–Crippen MR) is 57.4 cm³/mol. The molecular formula is C9H14F7O4P. The van der Waals surface area contributed by atoms with Crippen LogP contribution in [0.4, 0.5) is 30.7 Å². The summed E-state index contributed by atoms with van der Waals surface area (Å²) in [4.78, 5) is 0. The van der Waals surface area contributed by atoms with E-state index in [2.05, 4.69) is 13.6 Å². The molecule has 4 nitrogen and oxygen atoms in total. The summed E-state index contributed by atoms with van der Waals surface area (Å²) in [6.45, 7) is 1.32. The molecule has 0 N–H and O–H groups in total. The van der Waals surface area contributed by atoms with Crippen LogP contribution in [0.15, 0.2) is 0 Å². The highest BCUT2D eigenvalue weighted by molar-refractivity contribution is 7.48. The third-order valence-electron chi connectivity index (χ3n) is 2.20. The van der Waals surface area contributed by atoms with E-state index < -0.39 is 32.5 Å². The number of rotatable bonds is 10. The molecule has 0 bridgehead atoms. The van der Waals surface area contributed by atoms with Gasteiger partial charge in [-0.25, -0.2) is 22.3 Å². The van der Waals surface area contributed by atoms with E-state index in [1.807, 2.05) is 0 Å². The van der Waals surface area contributed by atoms with Crippen molar-refractivity contribution in [1.82, 2.24) is 0 Å². The molecule has 2 atom stereocenters. The highest BCUT2D eigenvalue weighted by atomic mass is 31.2. The molecule has 0 aromatic rings. The van der Waals surface area contributed by atoms with Gasteiger partial charge in [-0.2, -0.15) is 17.6 Å². The minimum absolute atomic E-state index is 0.261. The molecule has 128 valence electrons. The second-order valence-electron chi connectivity index (χ2n) is 3.78. The van der Waals surface area contributed by atoms with Gasteiger partial charge in [0.1, 0.15) is 0 Å². The highest BCUT2D eigenvalue weighted by Gasteiger charge is 2.69. The van der Waals surface area contributed by atoms with E-state index in [0.29, 0.717) is 13.5 Å². The second kappa shape index (κ2) is 7.75. The van der Waals surface area contributed by atoms with Crippen molar-refractivity contribution in [3.05, 3.63) is 0 Å². The minimum atomic E-state index is -6.02. The zero-order valence-electron chi connectivity index (χ0n) is 11.0. The maximum absolute atomic E-state index is 13.1. The van der Waals surface area contributed by atoms with E-state index in [9.17, 15) is 35.3 Å². The number of hydrogen-bond donors (Lipinski definition) is 0. The van der Waals surface area contributed by atoms with Crippen LogP contribution in [0.2, 0.25) is 0 Å². The largest absolute Gasteiger partial charge is 0.477 e. The molecule has 0 saturated carbocycles. The van der Waals surface area contributed by atoms with Crippen molar-refractivity contribution in [2.45, 2.75) is 44.4 Å². The lowest BCUT2D eigenvalue weighted by atomic mass is 10.2. The predicted octanol–water partition coefficient (Wildman–Crippen LogP) is 4.41. The van der Waals surface area contributed by atoms with Crippen LogP contribution in [0.3, 0.4) is 0 Å². The first-order valence-electron chi connectivity index (χ1n) is 5.61. The van der Waals surface area contributed by atoms with Crippen LogP contribution in [0, 0.1) is 0 Å². The normalized spacial score (nSPS) is 17.8. The van der Waals surface area contributed by atoms with E-state index in [4.69, 9.17) is 0 Å². The molecule has 2 unspecified atom stereocenters. The number of hydrogen-bond acceptors (Lipinski definition) is 4. The number of halogens is 7. The Kier molecular flexibility index (Phi) is 7.61. The van der Waals surface area contributed by atoms with Crippen LogP contribution in [0.25, 0.3) is 0 Å². The van der Waals surface area contributed by atoms with Gasteiger partial charge in [0.2, 0.25) is 0 Å². The Labute approximate surface area is 116 Å². The summed E-state index contributed by atoms with van der Waals surface area (Å²) in [5.41, 5.74) is 0. The van der Waals surface area contributed by atoms with Crippen LogP contribution >= 0.6 is 7.82 Å². The van der Waals surface area contributed by atoms with Crippen molar-refractivity contribution in [3.63, 3.8) is 0 Å². The Hall–Kier alpha value is -0.380. The first-order valence-corrected chi connectivity index (χ1v) is 7.07. The van der Waals surface area contributed by atoms with Crippen LogP contribution in [0.5, 0.6) is 0 Å². The van der Waals surface area contributed by atoms with E-state index in [-0.39, 0.29) is 13.0 Å². The molecule has 0 aromatic carbocycles. The fourth-order valence-electron chi connectivity index (χ4n) is 0.923. The lowest BCUT2D eigenvalue weighted by Crippen LogP contribution is -2.52. The molecule has 0 aliphatic carbocycles. The van der Waals surface area contributed by atoms with Crippen molar-refractivity contribution in [1.29, 1.82) is 0 Å². The molecule has 21 heavy (non-hydrogen) atoms. The van der Waals surface area contributed by atoms with Crippen LogP contribution in [-0.2, 0) is 18.1 Å². The van der Waals surface area contributed by atoms with Crippen molar-refractivity contribution >= 4 is 7.82 Å². The molecule has 12 heteroatoms. The first-order chi connectivity index (χ1) is 9.44. The van der Waals surface area contributed by atoms with Gasteiger partial charge in [-0.3, -0.25) is 9.05 Å². The fourth-order valence-corrected chi connectivity index (χ4v) is 1.89. The van der Waals surface area contributed by atoms with E-state index >= 15 is 0 Å². The lowest BCUT2D eigenvalue weighted by molar-refractivity contribution is -0.313. The van der Waals surface area contributed by atoms with Gasteiger partial charge in [-0.05, 0) is 6.42 Å². The van der Waals surface area contributed by atoms with Gasteiger partial charge in [0.15, 0.2) is 0 Å². The number of phosphoric ester groups is 1. The quantitative estimate of drug-likeness (QED) is 0.333. The smallest absolute Gasteiger partial charge is 0.290 e. The molecule has 0 fully saturated rings. The summed E-state index contributed by atoms with van der Waals surface area (Å²) in [7, 11) is -4.29. The molecule has 0 spiro atoms. The van der Waals surface area contributed by atoms with Crippen LogP contribution in [-0.4, -0.2) is 38.3 Å². The molecule has 0 radical (unpaired) electrons. The summed E-state index contributed by atoms with van der Waals surface area (Å²) in [6, 6.07) is 0. The highest BCUT2D eigenvalue weighted by Crippen LogP contribution is 2.54. The Balaban J connectivity index is 4.99. The van der Waals surface area contributed by atoms with Gasteiger partial charge in [-0.1, -0.05) is 13.3 Å². The zero-order chi connectivity index (χ0) is 16.9. The Bertz CT molecular complexity index is 366. The fraction of sp³-hybridized carbons (Fsp3) is 1.00. The summed E-state index contributed by atoms with van der Waals surface area (Å²) in [5, 5.41) is 0. The maximum atomic E-state index is 13.1. The summed E-state index contributed by atoms with van der Waals surface area (Å²) in [5.74, 6) is -11.9. The van der Waals surface area contributed by atoms with Gasteiger partial charge in [0.05, 0.1) is 6.61 Å². The van der Waals surface area contributed by atoms with Gasteiger partial charge >= 0.3 is 26.1 Å². The summed E-state index contributed by atoms with van der Waals surface area (Å²) < 4.78 is 111. The molecule has 0 heterocycles. The van der Waals surface area contributed by atoms with Crippen molar-refractivity contribution in [2.24, 2.45) is 0 Å². The average molecular weight is 350 g/mol. The number of phosphoric acid groups is 1. The van der Waals surface area contributed by atoms with Crippen LogP contribution in [0.1, 0.15) is 19.8 Å².